The number of hydrogen-bond donors (Lipinski definition) is 1. The molecule has 0 saturated heterocycles. The van der Waals surface area contributed by atoms with Crippen molar-refractivity contribution in [1.82, 2.24) is 5.32 Å². The number of amides is 1. The van der Waals surface area contributed by atoms with Gasteiger partial charge in [-0.2, -0.15) is 13.2 Å². The van der Waals surface area contributed by atoms with Crippen LogP contribution in [-0.2, 0) is 4.79 Å². The number of halogens is 4. The standard InChI is InChI=1S/C10H17BrF3NO/c1-2-3-8(4-5-11)7-15-9(16)6-10(12,13)14/h8H,2-7H2,1H3,(H,15,16). The Kier molecular flexibility index (Phi) is 7.80. The van der Waals surface area contributed by atoms with E-state index in [2.05, 4.69) is 21.2 Å². The lowest BCUT2D eigenvalue weighted by molar-refractivity contribution is -0.153. The summed E-state index contributed by atoms with van der Waals surface area (Å²) in [5.41, 5.74) is 0. The van der Waals surface area contributed by atoms with Gasteiger partial charge in [0.15, 0.2) is 0 Å². The van der Waals surface area contributed by atoms with Crippen LogP contribution in [0.25, 0.3) is 0 Å². The van der Waals surface area contributed by atoms with Crippen molar-refractivity contribution < 1.29 is 18.0 Å². The SMILES string of the molecule is CCCC(CCBr)CNC(=O)CC(F)(F)F. The summed E-state index contributed by atoms with van der Waals surface area (Å²) in [7, 11) is 0. The third-order valence-electron chi connectivity index (χ3n) is 2.16. The van der Waals surface area contributed by atoms with Gasteiger partial charge in [-0.05, 0) is 18.8 Å². The molecule has 1 amide bonds. The average Bonchev–Trinajstić information content (AvgIpc) is 2.12. The first kappa shape index (κ1) is 15.7. The topological polar surface area (TPSA) is 29.1 Å². The molecule has 0 heterocycles. The largest absolute Gasteiger partial charge is 0.397 e. The van der Waals surface area contributed by atoms with E-state index in [1.54, 1.807) is 0 Å². The molecule has 0 aliphatic carbocycles. The maximum absolute atomic E-state index is 11.9. The quantitative estimate of drug-likeness (QED) is 0.719. The van der Waals surface area contributed by atoms with Gasteiger partial charge in [-0.1, -0.05) is 29.3 Å². The first-order chi connectivity index (χ1) is 7.39. The minimum atomic E-state index is -4.42. The van der Waals surface area contributed by atoms with Gasteiger partial charge in [0.25, 0.3) is 0 Å². The molecule has 96 valence electrons. The highest BCUT2D eigenvalue weighted by molar-refractivity contribution is 9.09. The molecule has 2 nitrogen and oxygen atoms in total. The number of hydrogen-bond acceptors (Lipinski definition) is 1. The summed E-state index contributed by atoms with van der Waals surface area (Å²) >= 11 is 3.28. The predicted octanol–water partition coefficient (Wildman–Crippen LogP) is 3.26. The van der Waals surface area contributed by atoms with E-state index in [9.17, 15) is 18.0 Å². The van der Waals surface area contributed by atoms with Gasteiger partial charge < -0.3 is 5.32 Å². The monoisotopic (exact) mass is 303 g/mol. The summed E-state index contributed by atoms with van der Waals surface area (Å²) in [4.78, 5) is 10.9. The van der Waals surface area contributed by atoms with Crippen LogP contribution in [-0.4, -0.2) is 24.0 Å². The fourth-order valence-corrected chi connectivity index (χ4v) is 2.06. The van der Waals surface area contributed by atoms with E-state index in [0.717, 1.165) is 24.6 Å². The second-order valence-corrected chi connectivity index (χ2v) is 4.52. The van der Waals surface area contributed by atoms with Crippen LogP contribution in [0.5, 0.6) is 0 Å². The van der Waals surface area contributed by atoms with Gasteiger partial charge >= 0.3 is 6.18 Å². The Bertz CT molecular complexity index is 203. The molecule has 1 atom stereocenters. The molecule has 0 rings (SSSR count). The van der Waals surface area contributed by atoms with Crippen LogP contribution in [0.2, 0.25) is 0 Å². The summed E-state index contributed by atoms with van der Waals surface area (Å²) in [5, 5.41) is 3.13. The second-order valence-electron chi connectivity index (χ2n) is 3.73. The molecule has 1 unspecified atom stereocenters. The highest BCUT2D eigenvalue weighted by Gasteiger charge is 2.31. The molecule has 0 bridgehead atoms. The third kappa shape index (κ3) is 9.00. The van der Waals surface area contributed by atoms with Crippen molar-refractivity contribution in [3.05, 3.63) is 0 Å². The zero-order valence-electron chi connectivity index (χ0n) is 9.24. The molecule has 0 saturated carbocycles. The van der Waals surface area contributed by atoms with Crippen LogP contribution in [0.3, 0.4) is 0 Å². The maximum atomic E-state index is 11.9. The van der Waals surface area contributed by atoms with Crippen LogP contribution >= 0.6 is 15.9 Å². The molecule has 0 aromatic rings. The molecule has 0 aliphatic heterocycles. The lowest BCUT2D eigenvalue weighted by atomic mass is 10.0. The van der Waals surface area contributed by atoms with Gasteiger partial charge in [-0.3, -0.25) is 4.79 Å². The van der Waals surface area contributed by atoms with E-state index in [1.807, 2.05) is 6.92 Å². The van der Waals surface area contributed by atoms with Crippen molar-refractivity contribution >= 4 is 21.8 Å². The van der Waals surface area contributed by atoms with Gasteiger partial charge in [0, 0.05) is 11.9 Å². The molecule has 0 aromatic carbocycles. The summed E-state index contributed by atoms with van der Waals surface area (Å²) in [6.07, 6.45) is -3.06. The van der Waals surface area contributed by atoms with E-state index < -0.39 is 18.5 Å². The summed E-state index contributed by atoms with van der Waals surface area (Å²) in [6, 6.07) is 0. The molecule has 0 fully saturated rings. The fraction of sp³-hybridized carbons (Fsp3) is 0.900. The predicted molar refractivity (Wildman–Crippen MR) is 60.5 cm³/mol. The fourth-order valence-electron chi connectivity index (χ4n) is 1.41. The summed E-state index contributed by atoms with van der Waals surface area (Å²) in [6.45, 7) is 2.34. The van der Waals surface area contributed by atoms with E-state index in [4.69, 9.17) is 0 Å². The van der Waals surface area contributed by atoms with Gasteiger partial charge in [0.05, 0.1) is 0 Å². The van der Waals surface area contributed by atoms with Crippen LogP contribution in [0.15, 0.2) is 0 Å². The Morgan fingerprint density at radius 3 is 2.44 bits per heavy atom. The summed E-state index contributed by atoms with van der Waals surface area (Å²) < 4.78 is 35.6. The van der Waals surface area contributed by atoms with E-state index >= 15 is 0 Å². The van der Waals surface area contributed by atoms with Crippen LogP contribution in [0, 0.1) is 5.92 Å². The highest BCUT2D eigenvalue weighted by atomic mass is 79.9. The zero-order valence-corrected chi connectivity index (χ0v) is 10.8. The van der Waals surface area contributed by atoms with Gasteiger partial charge in [-0.15, -0.1) is 0 Å². The Balaban J connectivity index is 3.86. The maximum Gasteiger partial charge on any atom is 0.397 e. The number of carbonyl (C=O) groups is 1. The first-order valence-corrected chi connectivity index (χ1v) is 6.40. The third-order valence-corrected chi connectivity index (χ3v) is 2.62. The lowest BCUT2D eigenvalue weighted by Crippen LogP contribution is -2.32. The Morgan fingerprint density at radius 2 is 2.00 bits per heavy atom. The van der Waals surface area contributed by atoms with Crippen molar-refractivity contribution in [2.24, 2.45) is 5.92 Å². The van der Waals surface area contributed by atoms with Gasteiger partial charge in [0.2, 0.25) is 5.91 Å². The summed E-state index contributed by atoms with van der Waals surface area (Å²) in [5.74, 6) is -0.690. The van der Waals surface area contributed by atoms with Gasteiger partial charge in [-0.25, -0.2) is 0 Å². The van der Waals surface area contributed by atoms with Crippen molar-refractivity contribution in [1.29, 1.82) is 0 Å². The van der Waals surface area contributed by atoms with E-state index in [0.29, 0.717) is 6.54 Å². The molecule has 16 heavy (non-hydrogen) atoms. The van der Waals surface area contributed by atoms with Crippen molar-refractivity contribution in [3.63, 3.8) is 0 Å². The van der Waals surface area contributed by atoms with Crippen LogP contribution < -0.4 is 5.32 Å². The number of carbonyl (C=O) groups excluding carboxylic acids is 1. The first-order valence-electron chi connectivity index (χ1n) is 5.28. The normalized spacial score (nSPS) is 13.6. The van der Waals surface area contributed by atoms with E-state index in [-0.39, 0.29) is 5.92 Å². The lowest BCUT2D eigenvalue weighted by Gasteiger charge is -2.16. The Hall–Kier alpha value is -0.260. The average molecular weight is 304 g/mol. The molecule has 0 aliphatic rings. The Labute approximate surface area is 102 Å². The molecule has 1 N–H and O–H groups in total. The van der Waals surface area contributed by atoms with Crippen molar-refractivity contribution in [2.75, 3.05) is 11.9 Å². The molecule has 0 radical (unpaired) electrons. The molecular weight excluding hydrogens is 287 g/mol. The van der Waals surface area contributed by atoms with Crippen LogP contribution in [0.1, 0.15) is 32.6 Å². The molecule has 0 aromatic heterocycles. The number of nitrogens with one attached hydrogen (secondary N) is 1. The number of alkyl halides is 4. The highest BCUT2D eigenvalue weighted by Crippen LogP contribution is 2.19. The minimum absolute atomic E-state index is 0.251. The molecule has 0 spiro atoms. The zero-order chi connectivity index (χ0) is 12.6. The Morgan fingerprint density at radius 1 is 1.38 bits per heavy atom. The van der Waals surface area contributed by atoms with Crippen LogP contribution in [0.4, 0.5) is 13.2 Å². The number of rotatable bonds is 7. The van der Waals surface area contributed by atoms with E-state index in [1.165, 1.54) is 0 Å². The smallest absolute Gasteiger partial charge is 0.356 e. The minimum Gasteiger partial charge on any atom is -0.356 e. The van der Waals surface area contributed by atoms with Crippen molar-refractivity contribution in [2.45, 2.75) is 38.8 Å². The molecular formula is C10H17BrF3NO. The second kappa shape index (κ2) is 7.92. The molecule has 6 heteroatoms. The van der Waals surface area contributed by atoms with Gasteiger partial charge in [0.1, 0.15) is 6.42 Å². The van der Waals surface area contributed by atoms with Crippen molar-refractivity contribution in [3.8, 4) is 0 Å².